The van der Waals surface area contributed by atoms with E-state index in [4.69, 9.17) is 4.84 Å². The molecule has 0 aliphatic rings. The molecule has 0 saturated carbocycles. The zero-order valence-electron chi connectivity index (χ0n) is 8.44. The Balaban J connectivity index is 2.50. The van der Waals surface area contributed by atoms with Gasteiger partial charge in [-0.1, -0.05) is 33.2 Å². The molecule has 1 rings (SSSR count). The summed E-state index contributed by atoms with van der Waals surface area (Å²) in [5, 5.41) is 3.62. The van der Waals surface area contributed by atoms with Gasteiger partial charge in [-0.2, -0.15) is 0 Å². The normalized spacial score (nSPS) is 10.5. The van der Waals surface area contributed by atoms with E-state index in [2.05, 4.69) is 21.1 Å². The number of benzene rings is 1. The molecule has 1 aromatic rings. The Labute approximate surface area is 97.2 Å². The number of carbonyl (C=O) groups excluding carboxylic acids is 1. The third-order valence-corrected chi connectivity index (χ3v) is 2.25. The van der Waals surface area contributed by atoms with Crippen molar-refractivity contribution >= 4 is 27.9 Å². The lowest BCUT2D eigenvalue weighted by Crippen LogP contribution is -1.99. The summed E-state index contributed by atoms with van der Waals surface area (Å²) in [5.74, 6) is 0.0333. The van der Waals surface area contributed by atoms with E-state index in [1.54, 1.807) is 12.1 Å². The Morgan fingerprint density at radius 1 is 1.47 bits per heavy atom. The molecule has 0 aliphatic heterocycles. The monoisotopic (exact) mass is 269 g/mol. The fraction of sp³-hybridized carbons (Fsp3) is 0.273. The minimum Gasteiger partial charge on any atom is -0.396 e. The van der Waals surface area contributed by atoms with Crippen LogP contribution in [0.3, 0.4) is 0 Å². The first kappa shape index (κ1) is 11.9. The van der Waals surface area contributed by atoms with Crippen molar-refractivity contribution in [1.29, 1.82) is 0 Å². The number of halogens is 1. The number of Topliss-reactive ketones (excluding diaryl/α,β-unsaturated/α-hetero) is 1. The van der Waals surface area contributed by atoms with E-state index in [0.717, 1.165) is 4.47 Å². The Morgan fingerprint density at radius 2 is 2.13 bits per heavy atom. The lowest BCUT2D eigenvalue weighted by Gasteiger charge is -1.97. The molecule has 1 aromatic carbocycles. The summed E-state index contributed by atoms with van der Waals surface area (Å²) in [6.07, 6.45) is 1.75. The average Bonchev–Trinajstić information content (AvgIpc) is 2.25. The lowest BCUT2D eigenvalue weighted by atomic mass is 10.1. The van der Waals surface area contributed by atoms with Crippen molar-refractivity contribution in [3.63, 3.8) is 0 Å². The molecular formula is C11H12BrNO2. The molecule has 0 heterocycles. The highest BCUT2D eigenvalue weighted by atomic mass is 79.9. The topological polar surface area (TPSA) is 38.7 Å². The third kappa shape index (κ3) is 4.25. The molecule has 0 radical (unpaired) electrons. The van der Waals surface area contributed by atoms with Crippen molar-refractivity contribution in [3.8, 4) is 0 Å². The van der Waals surface area contributed by atoms with Gasteiger partial charge < -0.3 is 4.84 Å². The Kier molecular flexibility index (Phi) is 5.04. The van der Waals surface area contributed by atoms with E-state index < -0.39 is 0 Å². The van der Waals surface area contributed by atoms with Crippen molar-refractivity contribution in [2.45, 2.75) is 13.3 Å². The number of hydrogen-bond donors (Lipinski definition) is 0. The molecule has 80 valence electrons. The van der Waals surface area contributed by atoms with Gasteiger partial charge in [0.25, 0.3) is 0 Å². The predicted molar refractivity (Wildman–Crippen MR) is 63.2 cm³/mol. The van der Waals surface area contributed by atoms with Crippen molar-refractivity contribution in [3.05, 3.63) is 34.3 Å². The molecule has 0 aliphatic carbocycles. The highest BCUT2D eigenvalue weighted by molar-refractivity contribution is 9.10. The Bertz CT molecular complexity index is 346. The SMILES string of the molecule is CCO/N=C/CC(=O)c1ccc(Br)cc1. The maximum atomic E-state index is 11.6. The molecule has 0 spiro atoms. The number of hydrogen-bond acceptors (Lipinski definition) is 3. The van der Waals surface area contributed by atoms with E-state index in [0.29, 0.717) is 12.2 Å². The summed E-state index contributed by atoms with van der Waals surface area (Å²) in [7, 11) is 0. The third-order valence-electron chi connectivity index (χ3n) is 1.72. The van der Waals surface area contributed by atoms with E-state index in [-0.39, 0.29) is 12.2 Å². The average molecular weight is 270 g/mol. The largest absolute Gasteiger partial charge is 0.396 e. The second kappa shape index (κ2) is 6.35. The van der Waals surface area contributed by atoms with E-state index in [9.17, 15) is 4.79 Å². The molecule has 0 atom stereocenters. The summed E-state index contributed by atoms with van der Waals surface area (Å²) in [6, 6.07) is 7.24. The minimum absolute atomic E-state index is 0.0333. The number of ketones is 1. The number of oxime groups is 1. The van der Waals surface area contributed by atoms with Crippen LogP contribution >= 0.6 is 15.9 Å². The molecule has 3 nitrogen and oxygen atoms in total. The highest BCUT2D eigenvalue weighted by Crippen LogP contribution is 2.11. The summed E-state index contributed by atoms with van der Waals surface area (Å²) < 4.78 is 0.960. The second-order valence-corrected chi connectivity index (χ2v) is 3.76. The van der Waals surface area contributed by atoms with Gasteiger partial charge in [0.15, 0.2) is 5.78 Å². The van der Waals surface area contributed by atoms with Gasteiger partial charge in [-0.3, -0.25) is 4.79 Å². The summed E-state index contributed by atoms with van der Waals surface area (Å²) in [4.78, 5) is 16.3. The van der Waals surface area contributed by atoms with Gasteiger partial charge in [-0.05, 0) is 19.1 Å². The van der Waals surface area contributed by atoms with Crippen molar-refractivity contribution in [2.75, 3.05) is 6.61 Å². The first-order valence-corrected chi connectivity index (χ1v) is 5.46. The predicted octanol–water partition coefficient (Wildman–Crippen LogP) is 3.04. The molecule has 0 N–H and O–H groups in total. The van der Waals surface area contributed by atoms with Crippen molar-refractivity contribution in [1.82, 2.24) is 0 Å². The van der Waals surface area contributed by atoms with E-state index in [1.165, 1.54) is 6.21 Å². The zero-order valence-corrected chi connectivity index (χ0v) is 10.0. The lowest BCUT2D eigenvalue weighted by molar-refractivity contribution is 0.0998. The quantitative estimate of drug-likeness (QED) is 0.468. The van der Waals surface area contributed by atoms with Gasteiger partial charge in [-0.15, -0.1) is 0 Å². The molecule has 0 bridgehead atoms. The molecule has 0 fully saturated rings. The van der Waals surface area contributed by atoms with Crippen LogP contribution in [0.1, 0.15) is 23.7 Å². The van der Waals surface area contributed by atoms with Crippen LogP contribution in [0.2, 0.25) is 0 Å². The van der Waals surface area contributed by atoms with Crippen molar-refractivity contribution in [2.24, 2.45) is 5.16 Å². The minimum atomic E-state index is 0.0333. The van der Waals surface area contributed by atoms with Gasteiger partial charge in [0.2, 0.25) is 0 Å². The van der Waals surface area contributed by atoms with Gasteiger partial charge >= 0.3 is 0 Å². The Morgan fingerprint density at radius 3 is 2.73 bits per heavy atom. The number of rotatable bonds is 5. The maximum Gasteiger partial charge on any atom is 0.168 e. The first-order chi connectivity index (χ1) is 7.24. The summed E-state index contributed by atoms with van der Waals surface area (Å²) in [5.41, 5.74) is 0.682. The highest BCUT2D eigenvalue weighted by Gasteiger charge is 2.02. The van der Waals surface area contributed by atoms with E-state index >= 15 is 0 Å². The van der Waals surface area contributed by atoms with Crippen LogP contribution < -0.4 is 0 Å². The van der Waals surface area contributed by atoms with Crippen LogP contribution in [0.15, 0.2) is 33.9 Å². The van der Waals surface area contributed by atoms with Crippen molar-refractivity contribution < 1.29 is 9.63 Å². The van der Waals surface area contributed by atoms with Crippen LogP contribution in [0, 0.1) is 0 Å². The summed E-state index contributed by atoms with van der Waals surface area (Å²) >= 11 is 3.31. The van der Waals surface area contributed by atoms with Crippen LogP contribution in [0.4, 0.5) is 0 Å². The van der Waals surface area contributed by atoms with E-state index in [1.807, 2.05) is 19.1 Å². The first-order valence-electron chi connectivity index (χ1n) is 4.66. The summed E-state index contributed by atoms with van der Waals surface area (Å²) in [6.45, 7) is 2.36. The smallest absolute Gasteiger partial charge is 0.168 e. The molecule has 0 aromatic heterocycles. The molecule has 4 heteroatoms. The van der Waals surface area contributed by atoms with Gasteiger partial charge in [0.1, 0.15) is 6.61 Å². The molecule has 0 unspecified atom stereocenters. The fourth-order valence-electron chi connectivity index (χ4n) is 1.00. The zero-order chi connectivity index (χ0) is 11.1. The molecule has 0 saturated heterocycles. The molecular weight excluding hydrogens is 258 g/mol. The van der Waals surface area contributed by atoms with Gasteiger partial charge in [0, 0.05) is 16.5 Å². The molecule has 0 amide bonds. The molecule has 15 heavy (non-hydrogen) atoms. The second-order valence-electron chi connectivity index (χ2n) is 2.84. The Hall–Kier alpha value is -1.16. The number of nitrogens with zero attached hydrogens (tertiary/aromatic N) is 1. The van der Waals surface area contributed by atoms with Crippen LogP contribution in [-0.2, 0) is 4.84 Å². The van der Waals surface area contributed by atoms with Crippen LogP contribution in [-0.4, -0.2) is 18.6 Å². The fourth-order valence-corrected chi connectivity index (χ4v) is 1.27. The van der Waals surface area contributed by atoms with Gasteiger partial charge in [0.05, 0.1) is 6.21 Å². The van der Waals surface area contributed by atoms with Gasteiger partial charge in [-0.25, -0.2) is 0 Å². The number of carbonyl (C=O) groups is 1. The maximum absolute atomic E-state index is 11.6. The van der Waals surface area contributed by atoms with Crippen LogP contribution in [0.5, 0.6) is 0 Å². The van der Waals surface area contributed by atoms with Crippen LogP contribution in [0.25, 0.3) is 0 Å². The standard InChI is InChI=1S/C11H12BrNO2/c1-2-15-13-8-7-11(14)9-3-5-10(12)6-4-9/h3-6,8H,2,7H2,1H3/b13-8+.